The topological polar surface area (TPSA) is 73.9 Å². The summed E-state index contributed by atoms with van der Waals surface area (Å²) in [5, 5.41) is 0. The summed E-state index contributed by atoms with van der Waals surface area (Å²) in [6, 6.07) is 8.18. The van der Waals surface area contributed by atoms with Gasteiger partial charge in [-0.1, -0.05) is 18.2 Å². The molecule has 0 unspecified atom stereocenters. The van der Waals surface area contributed by atoms with Crippen LogP contribution in [0.4, 0.5) is 0 Å². The summed E-state index contributed by atoms with van der Waals surface area (Å²) in [5.74, 6) is 0. The van der Waals surface area contributed by atoms with E-state index in [0.29, 0.717) is 19.8 Å². The molecule has 120 valence electrons. The lowest BCUT2D eigenvalue weighted by atomic mass is 10.4. The second-order valence-corrected chi connectivity index (χ2v) is 8.47. The van der Waals surface area contributed by atoms with Crippen molar-refractivity contribution in [2.24, 2.45) is 0 Å². The molecule has 0 aromatic heterocycles. The van der Waals surface area contributed by atoms with E-state index in [0.717, 1.165) is 0 Å². The van der Waals surface area contributed by atoms with Gasteiger partial charge in [0.1, 0.15) is 0 Å². The van der Waals surface area contributed by atoms with E-state index in [1.54, 1.807) is 18.2 Å². The van der Waals surface area contributed by atoms with Crippen molar-refractivity contribution in [1.82, 2.24) is 4.72 Å². The van der Waals surface area contributed by atoms with Crippen molar-refractivity contribution in [3.05, 3.63) is 30.3 Å². The summed E-state index contributed by atoms with van der Waals surface area (Å²) in [6.45, 7) is 6.68. The van der Waals surface area contributed by atoms with Crippen molar-refractivity contribution >= 4 is 18.8 Å². The molecule has 1 aromatic rings. The molecule has 0 heterocycles. The van der Waals surface area contributed by atoms with Crippen LogP contribution in [0.25, 0.3) is 0 Å². The van der Waals surface area contributed by atoms with Gasteiger partial charge >= 0.3 is 8.80 Å². The van der Waals surface area contributed by atoms with Gasteiger partial charge in [0, 0.05) is 19.8 Å². The zero-order valence-electron chi connectivity index (χ0n) is 12.7. The third-order valence-electron chi connectivity index (χ3n) is 2.62. The lowest BCUT2D eigenvalue weighted by Crippen LogP contribution is -2.55. The fourth-order valence-electron chi connectivity index (χ4n) is 1.80. The van der Waals surface area contributed by atoms with E-state index in [4.69, 9.17) is 13.3 Å². The minimum absolute atomic E-state index is 0.0136. The van der Waals surface area contributed by atoms with Crippen LogP contribution in [0.3, 0.4) is 0 Å². The average Bonchev–Trinajstić information content (AvgIpc) is 2.47. The normalized spacial score (nSPS) is 12.5. The Morgan fingerprint density at radius 1 is 0.952 bits per heavy atom. The van der Waals surface area contributed by atoms with Crippen LogP contribution in [0.1, 0.15) is 20.8 Å². The second-order valence-electron chi connectivity index (χ2n) is 4.12. The molecule has 1 rings (SSSR count). The zero-order valence-corrected chi connectivity index (χ0v) is 14.5. The number of hydrogen-bond donors (Lipinski definition) is 1. The number of sulfonamides is 1. The third kappa shape index (κ3) is 5.49. The van der Waals surface area contributed by atoms with Crippen LogP contribution in [0.15, 0.2) is 35.2 Å². The van der Waals surface area contributed by atoms with Crippen LogP contribution < -0.4 is 4.72 Å². The van der Waals surface area contributed by atoms with Crippen molar-refractivity contribution in [2.75, 3.05) is 26.0 Å². The Bertz CT molecular complexity index is 492. The first-order valence-corrected chi connectivity index (χ1v) is 10.4. The van der Waals surface area contributed by atoms with Crippen LogP contribution in [0.5, 0.6) is 0 Å². The van der Waals surface area contributed by atoms with E-state index in [9.17, 15) is 8.42 Å². The van der Waals surface area contributed by atoms with Gasteiger partial charge in [0.2, 0.25) is 10.0 Å². The van der Waals surface area contributed by atoms with E-state index >= 15 is 0 Å². The first kappa shape index (κ1) is 18.3. The summed E-state index contributed by atoms with van der Waals surface area (Å²) < 4.78 is 43.8. The molecule has 0 spiro atoms. The predicted molar refractivity (Wildman–Crippen MR) is 82.3 cm³/mol. The highest BCUT2D eigenvalue weighted by Gasteiger charge is 2.41. The summed E-state index contributed by atoms with van der Waals surface area (Å²) in [4.78, 5) is 0.206. The largest absolute Gasteiger partial charge is 0.516 e. The molecule has 21 heavy (non-hydrogen) atoms. The van der Waals surface area contributed by atoms with Gasteiger partial charge in [0.05, 0.1) is 11.1 Å². The summed E-state index contributed by atoms with van der Waals surface area (Å²) in [6.07, 6.45) is 0.0136. The van der Waals surface area contributed by atoms with Crippen molar-refractivity contribution in [1.29, 1.82) is 0 Å². The van der Waals surface area contributed by atoms with Gasteiger partial charge < -0.3 is 13.3 Å². The van der Waals surface area contributed by atoms with E-state index in [1.807, 2.05) is 20.8 Å². The highest BCUT2D eigenvalue weighted by atomic mass is 32.2. The Morgan fingerprint density at radius 3 is 1.86 bits per heavy atom. The molecule has 0 amide bonds. The number of hydrogen-bond acceptors (Lipinski definition) is 5. The van der Waals surface area contributed by atoms with Crippen LogP contribution in [-0.2, 0) is 23.3 Å². The van der Waals surface area contributed by atoms with Gasteiger partial charge in [-0.2, -0.15) is 0 Å². The quantitative estimate of drug-likeness (QED) is 0.658. The third-order valence-corrected chi connectivity index (χ3v) is 7.09. The molecule has 0 bridgehead atoms. The number of nitrogens with one attached hydrogen (secondary N) is 1. The van der Waals surface area contributed by atoms with E-state index in [2.05, 4.69) is 4.72 Å². The van der Waals surface area contributed by atoms with Gasteiger partial charge in [0.25, 0.3) is 0 Å². The van der Waals surface area contributed by atoms with Crippen LogP contribution in [0.2, 0.25) is 0 Å². The summed E-state index contributed by atoms with van der Waals surface area (Å²) in [5.41, 5.74) is 0. The monoisotopic (exact) mass is 333 g/mol. The van der Waals surface area contributed by atoms with Crippen molar-refractivity contribution in [3.8, 4) is 0 Å². The first-order valence-electron chi connectivity index (χ1n) is 6.96. The predicted octanol–water partition coefficient (Wildman–Crippen LogP) is 1.55. The molecule has 0 saturated heterocycles. The molecule has 0 aliphatic carbocycles. The molecule has 6 nitrogen and oxygen atoms in total. The Kier molecular flexibility index (Phi) is 7.50. The fraction of sp³-hybridized carbons (Fsp3) is 0.538. The van der Waals surface area contributed by atoms with Crippen LogP contribution in [0, 0.1) is 0 Å². The van der Waals surface area contributed by atoms with Crippen LogP contribution >= 0.6 is 0 Å². The van der Waals surface area contributed by atoms with Crippen molar-refractivity contribution in [2.45, 2.75) is 25.7 Å². The standard InChI is InChI=1S/C13H23NO5SSi/c1-4-17-21(18-5-2,19-6-3)12-14-20(15,16)13-10-8-7-9-11-13/h7-11,14H,4-6,12H2,1-3H3. The molecule has 8 heteroatoms. The van der Waals surface area contributed by atoms with Crippen molar-refractivity contribution in [3.63, 3.8) is 0 Å². The Balaban J connectivity index is 2.84. The zero-order chi connectivity index (χ0) is 15.8. The van der Waals surface area contributed by atoms with Gasteiger partial charge in [0.15, 0.2) is 0 Å². The molecule has 0 aliphatic heterocycles. The molecule has 1 aromatic carbocycles. The maximum atomic E-state index is 12.2. The molecule has 0 aliphatic rings. The molecule has 0 radical (unpaired) electrons. The highest BCUT2D eigenvalue weighted by Crippen LogP contribution is 2.12. The van der Waals surface area contributed by atoms with Gasteiger partial charge in [-0.3, -0.25) is 0 Å². The van der Waals surface area contributed by atoms with E-state index in [1.165, 1.54) is 12.1 Å². The lowest BCUT2D eigenvalue weighted by molar-refractivity contribution is 0.0716. The molecule has 0 atom stereocenters. The molecule has 0 saturated carbocycles. The summed E-state index contributed by atoms with van der Waals surface area (Å²) in [7, 11) is -6.63. The molecule has 0 fully saturated rings. The minimum Gasteiger partial charge on any atom is -0.373 e. The Hall–Kier alpha value is -0.773. The smallest absolute Gasteiger partial charge is 0.373 e. The van der Waals surface area contributed by atoms with Gasteiger partial charge in [-0.05, 0) is 32.9 Å². The first-order chi connectivity index (χ1) is 9.99. The van der Waals surface area contributed by atoms with Crippen LogP contribution in [-0.4, -0.2) is 43.2 Å². The SMILES string of the molecule is CCO[Si](CNS(=O)(=O)c1ccccc1)(OCC)OCC. The van der Waals surface area contributed by atoms with E-state index < -0.39 is 18.8 Å². The molecular formula is C13H23NO5SSi. The average molecular weight is 333 g/mol. The Labute approximate surface area is 127 Å². The summed E-state index contributed by atoms with van der Waals surface area (Å²) >= 11 is 0. The maximum absolute atomic E-state index is 12.2. The van der Waals surface area contributed by atoms with Gasteiger partial charge in [-0.15, -0.1) is 0 Å². The second kappa shape index (κ2) is 8.62. The Morgan fingerprint density at radius 2 is 1.43 bits per heavy atom. The highest BCUT2D eigenvalue weighted by molar-refractivity contribution is 7.89. The van der Waals surface area contributed by atoms with Crippen molar-refractivity contribution < 1.29 is 21.7 Å². The van der Waals surface area contributed by atoms with E-state index in [-0.39, 0.29) is 11.1 Å². The molecule has 1 N–H and O–H groups in total. The minimum atomic E-state index is -3.60. The fourth-order valence-corrected chi connectivity index (χ4v) is 5.83. The number of rotatable bonds is 10. The number of benzene rings is 1. The lowest BCUT2D eigenvalue weighted by Gasteiger charge is -2.28. The van der Waals surface area contributed by atoms with Gasteiger partial charge in [-0.25, -0.2) is 13.1 Å². The molecular weight excluding hydrogens is 310 g/mol. The maximum Gasteiger partial charge on any atom is 0.516 e.